The zero-order chi connectivity index (χ0) is 14.3. The monoisotopic (exact) mass is 293 g/mol. The fourth-order valence-electron chi connectivity index (χ4n) is 2.67. The van der Waals surface area contributed by atoms with Crippen molar-refractivity contribution in [2.75, 3.05) is 10.6 Å². The predicted octanol–water partition coefficient (Wildman–Crippen LogP) is 2.04. The lowest BCUT2D eigenvalue weighted by molar-refractivity contribution is -0.118. The van der Waals surface area contributed by atoms with E-state index in [1.54, 1.807) is 12.1 Å². The summed E-state index contributed by atoms with van der Waals surface area (Å²) in [5, 5.41) is 5.92. The fourth-order valence-corrected chi connectivity index (χ4v) is 2.88. The summed E-state index contributed by atoms with van der Waals surface area (Å²) in [4.78, 5) is 23.3. The molecule has 1 fully saturated rings. The molecule has 2 amide bonds. The van der Waals surface area contributed by atoms with E-state index >= 15 is 0 Å². The van der Waals surface area contributed by atoms with Crippen molar-refractivity contribution in [3.8, 4) is 0 Å². The molecule has 5 nitrogen and oxygen atoms in total. The molecule has 3 rings (SSSR count). The van der Waals surface area contributed by atoms with E-state index in [2.05, 4.69) is 10.6 Å². The Bertz CT molecular complexity index is 596. The van der Waals surface area contributed by atoms with Crippen molar-refractivity contribution in [3.05, 3.63) is 22.7 Å². The first-order valence-electron chi connectivity index (χ1n) is 6.66. The molecule has 0 bridgehead atoms. The second-order valence-corrected chi connectivity index (χ2v) is 6.06. The third-order valence-electron chi connectivity index (χ3n) is 3.95. The van der Waals surface area contributed by atoms with E-state index in [0.717, 1.165) is 24.8 Å². The second-order valence-electron chi connectivity index (χ2n) is 5.66. The number of anilines is 2. The van der Waals surface area contributed by atoms with Gasteiger partial charge in [0.1, 0.15) is 0 Å². The molecule has 1 saturated carbocycles. The molecule has 106 valence electrons. The van der Waals surface area contributed by atoms with Crippen LogP contribution in [0.2, 0.25) is 5.02 Å². The van der Waals surface area contributed by atoms with Crippen molar-refractivity contribution >= 4 is 34.8 Å². The molecule has 0 radical (unpaired) electrons. The molecule has 0 atom stereocenters. The minimum absolute atomic E-state index is 0.0603. The van der Waals surface area contributed by atoms with Crippen LogP contribution in [0, 0.1) is 0 Å². The van der Waals surface area contributed by atoms with Gasteiger partial charge in [0.2, 0.25) is 11.8 Å². The Hall–Kier alpha value is -1.59. The van der Waals surface area contributed by atoms with Crippen LogP contribution in [-0.2, 0) is 16.0 Å². The lowest BCUT2D eigenvalue weighted by atomic mass is 9.75. The van der Waals surface area contributed by atoms with Gasteiger partial charge in [-0.1, -0.05) is 11.6 Å². The number of rotatable bonds is 3. The largest absolute Gasteiger partial charge is 0.325 e. The Labute approximate surface area is 121 Å². The number of halogens is 1. The summed E-state index contributed by atoms with van der Waals surface area (Å²) >= 11 is 6.12. The first-order valence-corrected chi connectivity index (χ1v) is 7.04. The summed E-state index contributed by atoms with van der Waals surface area (Å²) < 4.78 is 0. The van der Waals surface area contributed by atoms with Crippen molar-refractivity contribution in [1.29, 1.82) is 0 Å². The molecular weight excluding hydrogens is 278 g/mol. The van der Waals surface area contributed by atoms with Crippen LogP contribution < -0.4 is 16.4 Å². The Morgan fingerprint density at radius 2 is 2.20 bits per heavy atom. The molecule has 0 aromatic heterocycles. The van der Waals surface area contributed by atoms with Gasteiger partial charge in [0.15, 0.2) is 0 Å². The third-order valence-corrected chi connectivity index (χ3v) is 4.27. The molecule has 0 unspecified atom stereocenters. The van der Waals surface area contributed by atoms with Crippen LogP contribution in [0.5, 0.6) is 0 Å². The van der Waals surface area contributed by atoms with E-state index in [4.69, 9.17) is 17.3 Å². The normalized spacial score (nSPS) is 19.0. The van der Waals surface area contributed by atoms with Gasteiger partial charge >= 0.3 is 0 Å². The van der Waals surface area contributed by atoms with Crippen LogP contribution in [0.1, 0.15) is 31.2 Å². The van der Waals surface area contributed by atoms with Crippen LogP contribution in [-0.4, -0.2) is 17.4 Å². The van der Waals surface area contributed by atoms with Gasteiger partial charge in [-0.15, -0.1) is 0 Å². The van der Waals surface area contributed by atoms with Crippen LogP contribution in [0.15, 0.2) is 12.1 Å². The maximum Gasteiger partial charge on any atom is 0.228 e. The molecule has 20 heavy (non-hydrogen) atoms. The first-order chi connectivity index (χ1) is 9.45. The number of benzene rings is 1. The molecule has 2 aliphatic rings. The van der Waals surface area contributed by atoms with E-state index < -0.39 is 0 Å². The van der Waals surface area contributed by atoms with Gasteiger partial charge in [0, 0.05) is 17.6 Å². The van der Waals surface area contributed by atoms with Crippen molar-refractivity contribution in [1.82, 2.24) is 0 Å². The van der Waals surface area contributed by atoms with Crippen molar-refractivity contribution < 1.29 is 9.59 Å². The molecule has 6 heteroatoms. The number of nitrogens with two attached hydrogens (primary N) is 1. The van der Waals surface area contributed by atoms with Gasteiger partial charge in [-0.3, -0.25) is 9.59 Å². The smallest absolute Gasteiger partial charge is 0.228 e. The maximum absolute atomic E-state index is 12.0. The van der Waals surface area contributed by atoms with Crippen molar-refractivity contribution in [3.63, 3.8) is 0 Å². The SMILES string of the molecule is NC1(CC(=O)Nc2cc3c(cc2Cl)NC(=O)C3)CCC1. The number of fused-ring (bicyclic) bond motifs is 1. The summed E-state index contributed by atoms with van der Waals surface area (Å²) in [5.41, 5.74) is 7.80. The topological polar surface area (TPSA) is 84.2 Å². The Balaban J connectivity index is 1.73. The zero-order valence-electron chi connectivity index (χ0n) is 11.0. The number of carbonyl (C=O) groups is 2. The van der Waals surface area contributed by atoms with E-state index in [1.807, 2.05) is 0 Å². The van der Waals surface area contributed by atoms with Crippen LogP contribution >= 0.6 is 11.6 Å². The number of hydrogen-bond donors (Lipinski definition) is 3. The highest BCUT2D eigenvalue weighted by Gasteiger charge is 2.34. The lowest BCUT2D eigenvalue weighted by Crippen LogP contribution is -2.48. The standard InChI is InChI=1S/C14H16ClN3O2/c15-9-6-10-8(5-12(19)17-10)4-11(9)18-13(20)7-14(16)2-1-3-14/h4,6H,1-3,5,7,16H2,(H,17,19)(H,18,20). The first kappa shape index (κ1) is 13.4. The number of carbonyl (C=O) groups excluding carboxylic acids is 2. The van der Waals surface area contributed by atoms with Gasteiger partial charge in [0.25, 0.3) is 0 Å². The highest BCUT2D eigenvalue weighted by molar-refractivity contribution is 6.34. The molecule has 1 aromatic rings. The molecule has 1 aliphatic heterocycles. The molecule has 0 spiro atoms. The van der Waals surface area contributed by atoms with Crippen LogP contribution in [0.4, 0.5) is 11.4 Å². The Kier molecular flexibility index (Phi) is 3.18. The van der Waals surface area contributed by atoms with E-state index in [0.29, 0.717) is 29.2 Å². The maximum atomic E-state index is 12.0. The second kappa shape index (κ2) is 4.75. The highest BCUT2D eigenvalue weighted by Crippen LogP contribution is 2.35. The molecule has 1 heterocycles. The van der Waals surface area contributed by atoms with Gasteiger partial charge in [-0.05, 0) is 37.0 Å². The average molecular weight is 294 g/mol. The van der Waals surface area contributed by atoms with Crippen LogP contribution in [0.3, 0.4) is 0 Å². The zero-order valence-corrected chi connectivity index (χ0v) is 11.7. The van der Waals surface area contributed by atoms with Crippen molar-refractivity contribution in [2.24, 2.45) is 5.73 Å². The van der Waals surface area contributed by atoms with Crippen molar-refractivity contribution in [2.45, 2.75) is 37.6 Å². The Morgan fingerprint density at radius 1 is 1.45 bits per heavy atom. The summed E-state index contributed by atoms with van der Waals surface area (Å²) in [6.07, 6.45) is 3.47. The quantitative estimate of drug-likeness (QED) is 0.797. The molecule has 1 aliphatic carbocycles. The minimum atomic E-state index is -0.356. The van der Waals surface area contributed by atoms with Gasteiger partial charge in [-0.2, -0.15) is 0 Å². The van der Waals surface area contributed by atoms with E-state index in [-0.39, 0.29) is 17.4 Å². The van der Waals surface area contributed by atoms with Crippen LogP contribution in [0.25, 0.3) is 0 Å². The molecular formula is C14H16ClN3O2. The summed E-state index contributed by atoms with van der Waals surface area (Å²) in [5.74, 6) is -0.193. The minimum Gasteiger partial charge on any atom is -0.325 e. The summed E-state index contributed by atoms with van der Waals surface area (Å²) in [6.45, 7) is 0. The number of amides is 2. The van der Waals surface area contributed by atoms with E-state index in [9.17, 15) is 9.59 Å². The summed E-state index contributed by atoms with van der Waals surface area (Å²) in [7, 11) is 0. The molecule has 4 N–H and O–H groups in total. The molecule has 0 saturated heterocycles. The third kappa shape index (κ3) is 2.51. The average Bonchev–Trinajstić information content (AvgIpc) is 2.66. The highest BCUT2D eigenvalue weighted by atomic mass is 35.5. The van der Waals surface area contributed by atoms with Gasteiger partial charge in [0.05, 0.1) is 17.1 Å². The lowest BCUT2D eigenvalue weighted by Gasteiger charge is -2.37. The van der Waals surface area contributed by atoms with E-state index in [1.165, 1.54) is 0 Å². The van der Waals surface area contributed by atoms with Gasteiger partial charge in [-0.25, -0.2) is 0 Å². The number of hydrogen-bond acceptors (Lipinski definition) is 3. The molecule has 1 aromatic carbocycles. The summed E-state index contributed by atoms with van der Waals surface area (Å²) in [6, 6.07) is 3.41. The fraction of sp³-hybridized carbons (Fsp3) is 0.429. The number of nitrogens with one attached hydrogen (secondary N) is 2. The predicted molar refractivity (Wildman–Crippen MR) is 77.8 cm³/mol. The van der Waals surface area contributed by atoms with Gasteiger partial charge < -0.3 is 16.4 Å². The Morgan fingerprint density at radius 3 is 2.85 bits per heavy atom.